The van der Waals surface area contributed by atoms with E-state index in [0.29, 0.717) is 5.75 Å². The molecule has 0 spiro atoms. The van der Waals surface area contributed by atoms with Crippen molar-refractivity contribution >= 4 is 26.7 Å². The highest BCUT2D eigenvalue weighted by Crippen LogP contribution is 2.34. The Kier molecular flexibility index (Phi) is 2.80. The fourth-order valence-corrected chi connectivity index (χ4v) is 2.65. The highest BCUT2D eigenvalue weighted by atomic mass is 79.9. The number of aromatic hydroxyl groups is 1. The molecule has 0 atom stereocenters. The van der Waals surface area contributed by atoms with Crippen molar-refractivity contribution in [3.8, 4) is 16.9 Å². The maximum atomic E-state index is 10.1. The number of benzene rings is 3. The zero-order valence-corrected chi connectivity index (χ0v) is 11.2. The van der Waals surface area contributed by atoms with Crippen LogP contribution in [0.15, 0.2) is 65.1 Å². The number of phenols is 1. The predicted molar refractivity (Wildman–Crippen MR) is 78.7 cm³/mol. The van der Waals surface area contributed by atoms with E-state index < -0.39 is 0 Å². The van der Waals surface area contributed by atoms with E-state index in [1.54, 1.807) is 0 Å². The average Bonchev–Trinajstić information content (AvgIpc) is 2.39. The normalized spacial score (nSPS) is 10.7. The summed E-state index contributed by atoms with van der Waals surface area (Å²) in [6.07, 6.45) is 0. The second kappa shape index (κ2) is 4.46. The van der Waals surface area contributed by atoms with Crippen LogP contribution >= 0.6 is 15.9 Å². The largest absolute Gasteiger partial charge is 0.507 e. The van der Waals surface area contributed by atoms with Crippen molar-refractivity contribution in [3.05, 3.63) is 65.1 Å². The first kappa shape index (κ1) is 11.3. The molecule has 0 bridgehead atoms. The van der Waals surface area contributed by atoms with Gasteiger partial charge in [-0.2, -0.15) is 0 Å². The number of phenolic OH excluding ortho intramolecular Hbond substituents is 1. The summed E-state index contributed by atoms with van der Waals surface area (Å²) in [7, 11) is 0. The fourth-order valence-electron chi connectivity index (χ4n) is 2.14. The Morgan fingerprint density at radius 2 is 1.56 bits per heavy atom. The standard InChI is InChI=1S/C16H11BrO/c17-15-8-4-3-6-13(15)12-9-11-5-1-2-7-14(11)16(18)10-12/h1-10,18H. The molecule has 0 aliphatic rings. The van der Waals surface area contributed by atoms with Crippen molar-refractivity contribution in [1.82, 2.24) is 0 Å². The van der Waals surface area contributed by atoms with E-state index >= 15 is 0 Å². The van der Waals surface area contributed by atoms with Gasteiger partial charge in [0.1, 0.15) is 5.75 Å². The van der Waals surface area contributed by atoms with Crippen LogP contribution in [-0.4, -0.2) is 5.11 Å². The van der Waals surface area contributed by atoms with Crippen LogP contribution in [0.3, 0.4) is 0 Å². The highest BCUT2D eigenvalue weighted by molar-refractivity contribution is 9.10. The van der Waals surface area contributed by atoms with Gasteiger partial charge < -0.3 is 5.11 Å². The Labute approximate surface area is 114 Å². The Bertz CT molecular complexity index is 719. The summed E-state index contributed by atoms with van der Waals surface area (Å²) >= 11 is 3.54. The van der Waals surface area contributed by atoms with Crippen molar-refractivity contribution < 1.29 is 5.11 Å². The van der Waals surface area contributed by atoms with E-state index in [-0.39, 0.29) is 0 Å². The predicted octanol–water partition coefficient (Wildman–Crippen LogP) is 4.97. The van der Waals surface area contributed by atoms with Gasteiger partial charge in [0, 0.05) is 9.86 Å². The first-order valence-electron chi connectivity index (χ1n) is 5.72. The van der Waals surface area contributed by atoms with Crippen LogP contribution in [0.2, 0.25) is 0 Å². The fraction of sp³-hybridized carbons (Fsp3) is 0. The van der Waals surface area contributed by atoms with Gasteiger partial charge in [0.05, 0.1) is 0 Å². The smallest absolute Gasteiger partial charge is 0.124 e. The lowest BCUT2D eigenvalue weighted by molar-refractivity contribution is 0.482. The van der Waals surface area contributed by atoms with Gasteiger partial charge in [0.2, 0.25) is 0 Å². The SMILES string of the molecule is Oc1cc(-c2ccccc2Br)cc2ccccc12. The topological polar surface area (TPSA) is 20.2 Å². The minimum atomic E-state index is 0.318. The third-order valence-electron chi connectivity index (χ3n) is 3.02. The lowest BCUT2D eigenvalue weighted by Gasteiger charge is -2.08. The molecule has 18 heavy (non-hydrogen) atoms. The molecular formula is C16H11BrO. The van der Waals surface area contributed by atoms with Crippen LogP contribution in [-0.2, 0) is 0 Å². The van der Waals surface area contributed by atoms with Crippen LogP contribution in [0.25, 0.3) is 21.9 Å². The molecule has 3 rings (SSSR count). The van der Waals surface area contributed by atoms with Crippen molar-refractivity contribution in [1.29, 1.82) is 0 Å². The van der Waals surface area contributed by atoms with Gasteiger partial charge in [-0.25, -0.2) is 0 Å². The average molecular weight is 299 g/mol. The molecule has 3 aromatic rings. The molecular weight excluding hydrogens is 288 g/mol. The molecule has 1 N–H and O–H groups in total. The first-order valence-corrected chi connectivity index (χ1v) is 6.51. The van der Waals surface area contributed by atoms with Crippen molar-refractivity contribution in [3.63, 3.8) is 0 Å². The molecule has 0 aliphatic carbocycles. The van der Waals surface area contributed by atoms with E-state index in [2.05, 4.69) is 22.0 Å². The van der Waals surface area contributed by atoms with E-state index in [4.69, 9.17) is 0 Å². The van der Waals surface area contributed by atoms with Crippen LogP contribution < -0.4 is 0 Å². The molecule has 0 aliphatic heterocycles. The lowest BCUT2D eigenvalue weighted by Crippen LogP contribution is -1.81. The summed E-state index contributed by atoms with van der Waals surface area (Å²) in [5.41, 5.74) is 2.09. The van der Waals surface area contributed by atoms with Crippen LogP contribution in [0, 0.1) is 0 Å². The van der Waals surface area contributed by atoms with E-state index in [1.807, 2.05) is 54.6 Å². The first-order chi connectivity index (χ1) is 8.75. The van der Waals surface area contributed by atoms with Gasteiger partial charge in [-0.05, 0) is 34.7 Å². The summed E-state index contributed by atoms with van der Waals surface area (Å²) in [6.45, 7) is 0. The molecule has 0 fully saturated rings. The molecule has 0 saturated carbocycles. The third kappa shape index (κ3) is 1.89. The number of hydrogen-bond donors (Lipinski definition) is 1. The molecule has 0 aromatic heterocycles. The van der Waals surface area contributed by atoms with Crippen molar-refractivity contribution in [2.24, 2.45) is 0 Å². The molecule has 0 radical (unpaired) electrons. The van der Waals surface area contributed by atoms with Gasteiger partial charge in [0.15, 0.2) is 0 Å². The van der Waals surface area contributed by atoms with Gasteiger partial charge >= 0.3 is 0 Å². The maximum Gasteiger partial charge on any atom is 0.124 e. The molecule has 0 unspecified atom stereocenters. The molecule has 88 valence electrons. The highest BCUT2D eigenvalue weighted by Gasteiger charge is 2.06. The Balaban J connectivity index is 2.28. The number of hydrogen-bond acceptors (Lipinski definition) is 1. The minimum absolute atomic E-state index is 0.318. The maximum absolute atomic E-state index is 10.1. The second-order valence-electron chi connectivity index (χ2n) is 4.20. The summed E-state index contributed by atoms with van der Waals surface area (Å²) < 4.78 is 1.03. The summed E-state index contributed by atoms with van der Waals surface area (Å²) in [5.74, 6) is 0.318. The van der Waals surface area contributed by atoms with Crippen LogP contribution in [0.4, 0.5) is 0 Å². The monoisotopic (exact) mass is 298 g/mol. The zero-order valence-electron chi connectivity index (χ0n) is 9.60. The zero-order chi connectivity index (χ0) is 12.5. The van der Waals surface area contributed by atoms with E-state index in [9.17, 15) is 5.11 Å². The van der Waals surface area contributed by atoms with E-state index in [1.165, 1.54) is 0 Å². The molecule has 2 heteroatoms. The summed E-state index contributed by atoms with van der Waals surface area (Å²) in [4.78, 5) is 0. The molecule has 0 saturated heterocycles. The summed E-state index contributed by atoms with van der Waals surface area (Å²) in [5, 5.41) is 12.0. The molecule has 0 amide bonds. The van der Waals surface area contributed by atoms with E-state index in [0.717, 1.165) is 26.4 Å². The van der Waals surface area contributed by atoms with Gasteiger partial charge in [-0.15, -0.1) is 0 Å². The van der Waals surface area contributed by atoms with Crippen LogP contribution in [0.1, 0.15) is 0 Å². The molecule has 0 heterocycles. The van der Waals surface area contributed by atoms with Crippen LogP contribution in [0.5, 0.6) is 5.75 Å². The third-order valence-corrected chi connectivity index (χ3v) is 3.72. The van der Waals surface area contributed by atoms with Gasteiger partial charge in [0.25, 0.3) is 0 Å². The Morgan fingerprint density at radius 1 is 0.833 bits per heavy atom. The number of fused-ring (bicyclic) bond motifs is 1. The Morgan fingerprint density at radius 3 is 2.39 bits per heavy atom. The Hall–Kier alpha value is -1.80. The van der Waals surface area contributed by atoms with Gasteiger partial charge in [-0.3, -0.25) is 0 Å². The van der Waals surface area contributed by atoms with Crippen molar-refractivity contribution in [2.75, 3.05) is 0 Å². The quantitative estimate of drug-likeness (QED) is 0.672. The minimum Gasteiger partial charge on any atom is -0.507 e. The second-order valence-corrected chi connectivity index (χ2v) is 5.05. The summed E-state index contributed by atoms with van der Waals surface area (Å²) in [6, 6.07) is 19.8. The van der Waals surface area contributed by atoms with Gasteiger partial charge in [-0.1, -0.05) is 58.4 Å². The number of halogens is 1. The lowest BCUT2D eigenvalue weighted by atomic mass is 10.0. The number of rotatable bonds is 1. The van der Waals surface area contributed by atoms with Crippen molar-refractivity contribution in [2.45, 2.75) is 0 Å². The molecule has 3 aromatic carbocycles. The molecule has 1 nitrogen and oxygen atoms in total.